The van der Waals surface area contributed by atoms with Gasteiger partial charge >= 0.3 is 0 Å². The lowest BCUT2D eigenvalue weighted by Gasteiger charge is -2.15. The van der Waals surface area contributed by atoms with Gasteiger partial charge < -0.3 is 4.74 Å². The van der Waals surface area contributed by atoms with E-state index in [2.05, 4.69) is 4.72 Å². The molecule has 0 aliphatic rings. The van der Waals surface area contributed by atoms with Gasteiger partial charge in [0.1, 0.15) is 5.75 Å². The molecule has 0 saturated carbocycles. The maximum atomic E-state index is 12.5. The molecule has 0 amide bonds. The fourth-order valence-corrected chi connectivity index (χ4v) is 3.48. The second kappa shape index (κ2) is 6.76. The zero-order valence-electron chi connectivity index (χ0n) is 12.6. The molecule has 2 rings (SSSR count). The highest BCUT2D eigenvalue weighted by atomic mass is 32.2. The van der Waals surface area contributed by atoms with Crippen LogP contribution in [0.4, 0.5) is 5.69 Å². The number of sulfonamides is 1. The molecular weight excluding hydrogens is 320 g/mol. The molecule has 0 spiro atoms. The molecule has 0 radical (unpaired) electrons. The molecule has 7 nitrogen and oxygen atoms in total. The van der Waals surface area contributed by atoms with Gasteiger partial charge in [0, 0.05) is 6.04 Å². The van der Waals surface area contributed by atoms with E-state index >= 15 is 0 Å². The number of nitrogens with one attached hydrogen (secondary N) is 1. The van der Waals surface area contributed by atoms with Crippen LogP contribution in [0.15, 0.2) is 53.4 Å². The molecule has 23 heavy (non-hydrogen) atoms. The zero-order valence-corrected chi connectivity index (χ0v) is 13.4. The number of methoxy groups -OCH3 is 1. The monoisotopic (exact) mass is 336 g/mol. The molecule has 2 aromatic rings. The summed E-state index contributed by atoms with van der Waals surface area (Å²) in [6, 6.07) is 12.0. The first-order valence-corrected chi connectivity index (χ1v) is 8.23. The molecule has 2 aromatic carbocycles. The summed E-state index contributed by atoms with van der Waals surface area (Å²) < 4.78 is 32.3. The number of nitrogens with zero attached hydrogens (tertiary/aromatic N) is 1. The summed E-state index contributed by atoms with van der Waals surface area (Å²) in [4.78, 5) is 10.0. The van der Waals surface area contributed by atoms with Gasteiger partial charge in [-0.15, -0.1) is 0 Å². The van der Waals surface area contributed by atoms with Gasteiger partial charge in [-0.1, -0.05) is 30.3 Å². The quantitative estimate of drug-likeness (QED) is 0.646. The number of benzene rings is 2. The minimum atomic E-state index is -4.06. The van der Waals surface area contributed by atoms with Gasteiger partial charge in [-0.05, 0) is 24.6 Å². The van der Waals surface area contributed by atoms with Crippen molar-refractivity contribution >= 4 is 15.7 Å². The van der Waals surface area contributed by atoms with Crippen LogP contribution in [0, 0.1) is 10.1 Å². The molecule has 1 atom stereocenters. The number of rotatable bonds is 6. The van der Waals surface area contributed by atoms with Crippen molar-refractivity contribution in [1.82, 2.24) is 4.72 Å². The summed E-state index contributed by atoms with van der Waals surface area (Å²) in [5, 5.41) is 11.2. The number of ether oxygens (including phenoxy) is 1. The van der Waals surface area contributed by atoms with Crippen molar-refractivity contribution in [2.45, 2.75) is 17.9 Å². The Kier molecular flexibility index (Phi) is 4.97. The average Bonchev–Trinajstić information content (AvgIpc) is 2.54. The standard InChI is InChI=1S/C15H16N2O5S/c1-11(12-6-4-3-5-7-12)16-23(20,21)15-9-8-13(22-2)10-14(15)17(18)19/h3-11,16H,1-2H3. The van der Waals surface area contributed by atoms with Crippen LogP contribution >= 0.6 is 0 Å². The van der Waals surface area contributed by atoms with Crippen molar-refractivity contribution in [3.8, 4) is 5.75 Å². The van der Waals surface area contributed by atoms with E-state index in [9.17, 15) is 18.5 Å². The summed E-state index contributed by atoms with van der Waals surface area (Å²) >= 11 is 0. The van der Waals surface area contributed by atoms with Crippen molar-refractivity contribution < 1.29 is 18.1 Å². The lowest BCUT2D eigenvalue weighted by molar-refractivity contribution is -0.387. The van der Waals surface area contributed by atoms with Crippen molar-refractivity contribution in [3.05, 3.63) is 64.2 Å². The maximum absolute atomic E-state index is 12.5. The van der Waals surface area contributed by atoms with Crippen LogP contribution in [0.25, 0.3) is 0 Å². The topological polar surface area (TPSA) is 98.5 Å². The lowest BCUT2D eigenvalue weighted by atomic mass is 10.1. The fourth-order valence-electron chi connectivity index (χ4n) is 2.10. The predicted molar refractivity (Wildman–Crippen MR) is 84.8 cm³/mol. The number of nitro groups is 1. The largest absolute Gasteiger partial charge is 0.497 e. The smallest absolute Gasteiger partial charge is 0.293 e. The Morgan fingerprint density at radius 2 is 1.83 bits per heavy atom. The first-order chi connectivity index (χ1) is 10.8. The first-order valence-electron chi connectivity index (χ1n) is 6.75. The van der Waals surface area contributed by atoms with Crippen molar-refractivity contribution in [1.29, 1.82) is 0 Å². The van der Waals surface area contributed by atoms with E-state index in [0.717, 1.165) is 17.7 Å². The number of hydrogen-bond donors (Lipinski definition) is 1. The SMILES string of the molecule is COc1ccc(S(=O)(=O)NC(C)c2ccccc2)c([N+](=O)[O-])c1. The predicted octanol–water partition coefficient (Wildman–Crippen LogP) is 2.64. The Bertz CT molecular complexity index is 806. The Morgan fingerprint density at radius 3 is 2.39 bits per heavy atom. The molecular formula is C15H16N2O5S. The van der Waals surface area contributed by atoms with Gasteiger partial charge in [0.25, 0.3) is 5.69 Å². The molecule has 0 saturated heterocycles. The summed E-state index contributed by atoms with van der Waals surface area (Å²) in [5.74, 6) is 0.215. The van der Waals surface area contributed by atoms with Crippen LogP contribution in [0.1, 0.15) is 18.5 Å². The van der Waals surface area contributed by atoms with Crippen LogP contribution in [0.5, 0.6) is 5.75 Å². The maximum Gasteiger partial charge on any atom is 0.293 e. The molecule has 0 heterocycles. The van der Waals surface area contributed by atoms with Gasteiger partial charge in [0.15, 0.2) is 4.90 Å². The molecule has 1 N–H and O–H groups in total. The third kappa shape index (κ3) is 3.85. The molecule has 0 fully saturated rings. The zero-order chi connectivity index (χ0) is 17.0. The highest BCUT2D eigenvalue weighted by Gasteiger charge is 2.28. The third-order valence-electron chi connectivity index (χ3n) is 3.28. The van der Waals surface area contributed by atoms with Gasteiger partial charge in [-0.25, -0.2) is 13.1 Å². The van der Waals surface area contributed by atoms with Gasteiger partial charge in [0.05, 0.1) is 18.1 Å². The summed E-state index contributed by atoms with van der Waals surface area (Å²) in [7, 11) is -2.71. The van der Waals surface area contributed by atoms with E-state index in [1.807, 2.05) is 6.07 Å². The van der Waals surface area contributed by atoms with E-state index in [1.54, 1.807) is 31.2 Å². The van der Waals surface area contributed by atoms with E-state index < -0.39 is 31.6 Å². The number of hydrogen-bond acceptors (Lipinski definition) is 5. The van der Waals surface area contributed by atoms with Crippen LogP contribution in [-0.4, -0.2) is 20.5 Å². The van der Waals surface area contributed by atoms with Crippen LogP contribution in [0.3, 0.4) is 0 Å². The molecule has 8 heteroatoms. The van der Waals surface area contributed by atoms with Crippen molar-refractivity contribution in [2.24, 2.45) is 0 Å². The molecule has 0 bridgehead atoms. The van der Waals surface area contributed by atoms with E-state index in [4.69, 9.17) is 4.74 Å². The molecule has 1 unspecified atom stereocenters. The Labute approximate surface area is 134 Å². The van der Waals surface area contributed by atoms with Crippen LogP contribution in [-0.2, 0) is 10.0 Å². The molecule has 0 aliphatic carbocycles. The fraction of sp³-hybridized carbons (Fsp3) is 0.200. The highest BCUT2D eigenvalue weighted by Crippen LogP contribution is 2.29. The van der Waals surface area contributed by atoms with Crippen molar-refractivity contribution in [3.63, 3.8) is 0 Å². The van der Waals surface area contributed by atoms with E-state index in [0.29, 0.717) is 0 Å². The highest BCUT2D eigenvalue weighted by molar-refractivity contribution is 7.89. The van der Waals surface area contributed by atoms with Crippen LogP contribution < -0.4 is 9.46 Å². The Hall–Kier alpha value is -2.45. The van der Waals surface area contributed by atoms with Gasteiger partial charge in [-0.2, -0.15) is 0 Å². The van der Waals surface area contributed by atoms with Gasteiger partial charge in [-0.3, -0.25) is 10.1 Å². The minimum absolute atomic E-state index is 0.215. The van der Waals surface area contributed by atoms with Gasteiger partial charge in [0.2, 0.25) is 10.0 Å². The Balaban J connectivity index is 2.38. The summed E-state index contributed by atoms with van der Waals surface area (Å²) in [6.07, 6.45) is 0. The van der Waals surface area contributed by atoms with E-state index in [1.165, 1.54) is 13.2 Å². The second-order valence-electron chi connectivity index (χ2n) is 4.84. The Morgan fingerprint density at radius 1 is 1.17 bits per heavy atom. The lowest BCUT2D eigenvalue weighted by Crippen LogP contribution is -2.27. The molecule has 0 aliphatic heterocycles. The van der Waals surface area contributed by atoms with Crippen molar-refractivity contribution in [2.75, 3.05) is 7.11 Å². The molecule has 0 aromatic heterocycles. The minimum Gasteiger partial charge on any atom is -0.497 e. The third-order valence-corrected chi connectivity index (χ3v) is 4.87. The number of nitro benzene ring substituents is 1. The molecule has 122 valence electrons. The normalized spacial score (nSPS) is 12.6. The first kappa shape index (κ1) is 16.9. The average molecular weight is 336 g/mol. The van der Waals surface area contributed by atoms with Crippen LogP contribution in [0.2, 0.25) is 0 Å². The second-order valence-corrected chi connectivity index (χ2v) is 6.53. The van der Waals surface area contributed by atoms with E-state index in [-0.39, 0.29) is 5.75 Å². The summed E-state index contributed by atoms with van der Waals surface area (Å²) in [6.45, 7) is 1.67. The summed E-state index contributed by atoms with van der Waals surface area (Å²) in [5.41, 5.74) is 0.226.